The average Bonchev–Trinajstić information content (AvgIpc) is 3.22. The molecule has 0 atom stereocenters. The Morgan fingerprint density at radius 1 is 1.14 bits per heavy atom. The third kappa shape index (κ3) is 4.63. The first-order chi connectivity index (χ1) is 17.7. The first-order valence-electron chi connectivity index (χ1n) is 11.0. The molecule has 5 rings (SSSR count). The summed E-state index contributed by atoms with van der Waals surface area (Å²) in [6.45, 7) is 2.55. The lowest BCUT2D eigenvalue weighted by Gasteiger charge is -2.44. The quantitative estimate of drug-likeness (QED) is 0.332. The molecule has 0 saturated carbocycles. The van der Waals surface area contributed by atoms with Gasteiger partial charge in [0.15, 0.2) is 11.6 Å². The number of hydrogen-bond donors (Lipinski definition) is 0. The second-order valence-electron chi connectivity index (χ2n) is 8.85. The molecule has 188 valence electrons. The fraction of sp³-hybridized carbons (Fsp3) is 0.200. The minimum Gasteiger partial charge on any atom is -0.454 e. The van der Waals surface area contributed by atoms with Gasteiger partial charge in [0.25, 0.3) is 0 Å². The molecule has 0 N–H and O–H groups in total. The number of hydrogen-bond acceptors (Lipinski definition) is 6. The van der Waals surface area contributed by atoms with E-state index < -0.39 is 22.7 Å². The SMILES string of the molecule is CC1(C#N)CN(c2nccc(Oc3ccc(-n4ncn(Cc5c(F)cccc5F)c4=O)cc3Cl)c2Cl)C1. The number of benzene rings is 2. The predicted molar refractivity (Wildman–Crippen MR) is 134 cm³/mol. The maximum absolute atomic E-state index is 14.0. The standard InChI is InChI=1S/C25H18Cl2F2N6O2/c1-25(11-30)12-34(13-25)23-22(27)21(7-8-31-23)37-20-6-5-15(9-17(20)26)35-24(36)33(14-32-35)10-16-18(28)3-2-4-19(16)29/h2-9,14H,10,12-13H2,1H3. The maximum Gasteiger partial charge on any atom is 0.350 e. The molecule has 0 unspecified atom stereocenters. The minimum atomic E-state index is -0.754. The molecule has 3 heterocycles. The zero-order chi connectivity index (χ0) is 26.3. The Morgan fingerprint density at radius 3 is 2.54 bits per heavy atom. The molecular formula is C25H18Cl2F2N6O2. The molecule has 0 spiro atoms. The lowest BCUT2D eigenvalue weighted by molar-refractivity contribution is 0.334. The highest BCUT2D eigenvalue weighted by molar-refractivity contribution is 6.34. The van der Waals surface area contributed by atoms with E-state index in [1.807, 2.05) is 11.8 Å². The van der Waals surface area contributed by atoms with Crippen molar-refractivity contribution < 1.29 is 13.5 Å². The van der Waals surface area contributed by atoms with Crippen LogP contribution in [-0.4, -0.2) is 32.4 Å². The van der Waals surface area contributed by atoms with Crippen LogP contribution in [0.1, 0.15) is 12.5 Å². The van der Waals surface area contributed by atoms with Gasteiger partial charge in [-0.05, 0) is 37.3 Å². The summed E-state index contributed by atoms with van der Waals surface area (Å²) in [6, 6.07) is 11.9. The van der Waals surface area contributed by atoms with Crippen molar-refractivity contribution in [1.82, 2.24) is 19.3 Å². The fourth-order valence-corrected chi connectivity index (χ4v) is 4.51. The molecule has 1 aliphatic heterocycles. The van der Waals surface area contributed by atoms with Gasteiger partial charge in [0.05, 0.1) is 28.7 Å². The Kier molecular flexibility index (Phi) is 6.35. The monoisotopic (exact) mass is 542 g/mol. The number of aromatic nitrogens is 4. The largest absolute Gasteiger partial charge is 0.454 e. The van der Waals surface area contributed by atoms with Crippen molar-refractivity contribution in [2.75, 3.05) is 18.0 Å². The maximum atomic E-state index is 14.0. The minimum absolute atomic E-state index is 0.175. The van der Waals surface area contributed by atoms with Crippen LogP contribution in [0.4, 0.5) is 14.6 Å². The Labute approximate surface area is 219 Å². The highest BCUT2D eigenvalue weighted by atomic mass is 35.5. The van der Waals surface area contributed by atoms with Gasteiger partial charge in [-0.3, -0.25) is 4.57 Å². The molecule has 4 aromatic rings. The highest BCUT2D eigenvalue weighted by Crippen LogP contribution is 2.41. The first-order valence-corrected chi connectivity index (χ1v) is 11.8. The summed E-state index contributed by atoms with van der Waals surface area (Å²) in [5.74, 6) is -0.412. The molecule has 0 radical (unpaired) electrons. The molecule has 12 heteroatoms. The van der Waals surface area contributed by atoms with Crippen LogP contribution < -0.4 is 15.3 Å². The van der Waals surface area contributed by atoms with E-state index in [0.717, 1.165) is 21.4 Å². The molecule has 0 aliphatic carbocycles. The number of nitriles is 1. The summed E-state index contributed by atoms with van der Waals surface area (Å²) < 4.78 is 36.1. The molecule has 0 amide bonds. The molecule has 0 bridgehead atoms. The molecular weight excluding hydrogens is 525 g/mol. The molecule has 1 aliphatic rings. The second-order valence-corrected chi connectivity index (χ2v) is 9.63. The van der Waals surface area contributed by atoms with Gasteiger partial charge in [0.2, 0.25) is 0 Å². The number of anilines is 1. The molecule has 37 heavy (non-hydrogen) atoms. The van der Waals surface area contributed by atoms with Crippen LogP contribution in [0.3, 0.4) is 0 Å². The van der Waals surface area contributed by atoms with Crippen LogP contribution >= 0.6 is 23.2 Å². The number of nitrogens with zero attached hydrogens (tertiary/aromatic N) is 6. The van der Waals surface area contributed by atoms with Crippen molar-refractivity contribution in [3.8, 4) is 23.3 Å². The summed E-state index contributed by atoms with van der Waals surface area (Å²) in [4.78, 5) is 19.0. The third-order valence-corrected chi connectivity index (χ3v) is 6.64. The van der Waals surface area contributed by atoms with E-state index in [2.05, 4.69) is 16.2 Å². The molecule has 2 aromatic heterocycles. The number of halogens is 4. The van der Waals surface area contributed by atoms with Crippen LogP contribution in [0.25, 0.3) is 5.69 Å². The van der Waals surface area contributed by atoms with Gasteiger partial charge < -0.3 is 9.64 Å². The lowest BCUT2D eigenvalue weighted by Crippen LogP contribution is -2.54. The van der Waals surface area contributed by atoms with Crippen molar-refractivity contribution in [3.63, 3.8) is 0 Å². The summed E-state index contributed by atoms with van der Waals surface area (Å²) in [5.41, 5.74) is -0.966. The fourth-order valence-electron chi connectivity index (χ4n) is 4.03. The lowest BCUT2D eigenvalue weighted by atomic mass is 9.84. The third-order valence-electron chi connectivity index (χ3n) is 5.99. The van der Waals surface area contributed by atoms with Crippen LogP contribution in [0.2, 0.25) is 10.0 Å². The van der Waals surface area contributed by atoms with E-state index in [4.69, 9.17) is 27.9 Å². The molecule has 8 nitrogen and oxygen atoms in total. The zero-order valence-electron chi connectivity index (χ0n) is 19.3. The zero-order valence-corrected chi connectivity index (χ0v) is 20.8. The summed E-state index contributed by atoms with van der Waals surface area (Å²) in [7, 11) is 0. The van der Waals surface area contributed by atoms with Crippen molar-refractivity contribution in [2.45, 2.75) is 13.5 Å². The highest BCUT2D eigenvalue weighted by Gasteiger charge is 2.40. The summed E-state index contributed by atoms with van der Waals surface area (Å²) in [6.07, 6.45) is 2.74. The van der Waals surface area contributed by atoms with Crippen molar-refractivity contribution in [1.29, 1.82) is 5.26 Å². The first kappa shape index (κ1) is 24.7. The van der Waals surface area contributed by atoms with Crippen LogP contribution in [0.15, 0.2) is 59.8 Å². The van der Waals surface area contributed by atoms with E-state index in [1.165, 1.54) is 18.5 Å². The normalized spacial score (nSPS) is 14.2. The number of pyridine rings is 1. The van der Waals surface area contributed by atoms with Crippen LogP contribution in [-0.2, 0) is 6.54 Å². The van der Waals surface area contributed by atoms with Gasteiger partial charge in [-0.1, -0.05) is 29.3 Å². The Hall–Kier alpha value is -3.94. The number of rotatable bonds is 6. The van der Waals surface area contributed by atoms with Gasteiger partial charge in [0.1, 0.15) is 28.7 Å². The Balaban J connectivity index is 1.36. The van der Waals surface area contributed by atoms with E-state index in [9.17, 15) is 18.8 Å². The second kappa shape index (κ2) is 9.50. The van der Waals surface area contributed by atoms with Crippen molar-refractivity contribution in [3.05, 3.63) is 92.7 Å². The van der Waals surface area contributed by atoms with E-state index >= 15 is 0 Å². The van der Waals surface area contributed by atoms with Gasteiger partial charge >= 0.3 is 5.69 Å². The van der Waals surface area contributed by atoms with Gasteiger partial charge in [-0.25, -0.2) is 18.6 Å². The van der Waals surface area contributed by atoms with E-state index in [0.29, 0.717) is 30.3 Å². The van der Waals surface area contributed by atoms with Gasteiger partial charge in [0, 0.05) is 30.9 Å². The van der Waals surface area contributed by atoms with Gasteiger partial charge in [-0.15, -0.1) is 0 Å². The van der Waals surface area contributed by atoms with Crippen molar-refractivity contribution >= 4 is 29.0 Å². The van der Waals surface area contributed by atoms with E-state index in [1.54, 1.807) is 24.4 Å². The topological polar surface area (TPSA) is 89.0 Å². The predicted octanol–water partition coefficient (Wildman–Crippen LogP) is 5.20. The summed E-state index contributed by atoms with van der Waals surface area (Å²) >= 11 is 13.0. The number of ether oxygens (including phenoxy) is 1. The van der Waals surface area contributed by atoms with Crippen LogP contribution in [0, 0.1) is 28.4 Å². The molecule has 1 saturated heterocycles. The molecule has 2 aromatic carbocycles. The summed E-state index contributed by atoms with van der Waals surface area (Å²) in [5, 5.41) is 13.7. The molecule has 1 fully saturated rings. The van der Waals surface area contributed by atoms with Gasteiger partial charge in [-0.2, -0.15) is 15.0 Å². The van der Waals surface area contributed by atoms with E-state index in [-0.39, 0.29) is 27.9 Å². The Bertz CT molecular complexity index is 1590. The smallest absolute Gasteiger partial charge is 0.350 e. The Morgan fingerprint density at radius 2 is 1.86 bits per heavy atom. The van der Waals surface area contributed by atoms with Crippen molar-refractivity contribution in [2.24, 2.45) is 5.41 Å². The van der Waals surface area contributed by atoms with Crippen LogP contribution in [0.5, 0.6) is 11.5 Å². The average molecular weight is 543 g/mol.